The van der Waals surface area contributed by atoms with Crippen LogP contribution in [0.3, 0.4) is 0 Å². The van der Waals surface area contributed by atoms with Gasteiger partial charge in [-0.15, -0.1) is 0 Å². The molecule has 0 fully saturated rings. The maximum Gasteiger partial charge on any atom is 0.408 e. The molecule has 1 heterocycles. The summed E-state index contributed by atoms with van der Waals surface area (Å²) in [5.41, 5.74) is -3.83. The van der Waals surface area contributed by atoms with Crippen LogP contribution in [0.15, 0.2) is 94.5 Å². The zero-order valence-electron chi connectivity index (χ0n) is 23.5. The number of benzene rings is 3. The molecule has 2 amide bonds. The summed E-state index contributed by atoms with van der Waals surface area (Å²) in [4.78, 5) is 42.4. The molecule has 0 radical (unpaired) electrons. The number of para-hydroxylation sites is 1. The van der Waals surface area contributed by atoms with Gasteiger partial charge >= 0.3 is 12.1 Å². The Morgan fingerprint density at radius 1 is 0.951 bits per heavy atom. The summed E-state index contributed by atoms with van der Waals surface area (Å²) in [6, 6.07) is 24.6. The van der Waals surface area contributed by atoms with E-state index in [0.717, 1.165) is 15.0 Å². The molecular weight excluding hydrogens is 590 g/mol. The Hall–Kier alpha value is -4.02. The molecule has 4 rings (SSSR count). The van der Waals surface area contributed by atoms with Crippen molar-refractivity contribution in [3.8, 4) is 0 Å². The molecule has 1 aliphatic heterocycles. The molecule has 0 saturated heterocycles. The maximum atomic E-state index is 14.7. The number of hydrazone groups is 1. The van der Waals surface area contributed by atoms with Crippen LogP contribution in [0.1, 0.15) is 38.8 Å². The minimum absolute atomic E-state index is 0.0959. The van der Waals surface area contributed by atoms with Gasteiger partial charge in [-0.05, 0) is 63.1 Å². The lowest BCUT2D eigenvalue weighted by molar-refractivity contribution is -0.185. The minimum Gasteiger partial charge on any atom is -0.467 e. The molecule has 214 valence electrons. The van der Waals surface area contributed by atoms with Crippen LogP contribution in [0.4, 0.5) is 10.5 Å². The standard InChI is InChI=1S/C31H32BrN3O6/c1-21-30(33-28(38)41-29(2,3)4,26(36)35(34-21)25-14-10-7-11-15-25)31(27(37)39-5,23-16-18-24(32)19-17-23)40-20-22-12-8-6-9-13-22/h6-19H,20H2,1-5H3,(H,33,38)/t30-,31+/m0/s1. The molecule has 10 heteroatoms. The van der Waals surface area contributed by atoms with E-state index in [1.54, 1.807) is 82.3 Å². The molecule has 41 heavy (non-hydrogen) atoms. The van der Waals surface area contributed by atoms with E-state index >= 15 is 0 Å². The van der Waals surface area contributed by atoms with Crippen molar-refractivity contribution in [2.75, 3.05) is 12.1 Å². The van der Waals surface area contributed by atoms with Crippen molar-refractivity contribution in [1.29, 1.82) is 0 Å². The number of alkyl carbamates (subject to hydrolysis) is 1. The summed E-state index contributed by atoms with van der Waals surface area (Å²) in [6.07, 6.45) is -0.941. The Morgan fingerprint density at radius 2 is 1.54 bits per heavy atom. The van der Waals surface area contributed by atoms with Gasteiger partial charge in [0.15, 0.2) is 0 Å². The molecule has 0 unspecified atom stereocenters. The van der Waals surface area contributed by atoms with Crippen LogP contribution < -0.4 is 10.3 Å². The number of hydrogen-bond acceptors (Lipinski definition) is 7. The Labute approximate surface area is 247 Å². The summed E-state index contributed by atoms with van der Waals surface area (Å²) in [5.74, 6) is -1.64. The summed E-state index contributed by atoms with van der Waals surface area (Å²) in [5, 5.41) is 8.44. The third-order valence-electron chi connectivity index (χ3n) is 6.54. The molecule has 0 bridgehead atoms. The normalized spacial score (nSPS) is 18.3. The van der Waals surface area contributed by atoms with Gasteiger partial charge in [0.2, 0.25) is 11.1 Å². The average Bonchev–Trinajstić information content (AvgIpc) is 3.19. The van der Waals surface area contributed by atoms with Gasteiger partial charge in [-0.3, -0.25) is 10.1 Å². The molecular formula is C31H32BrN3O6. The highest BCUT2D eigenvalue weighted by Gasteiger charge is 2.71. The summed E-state index contributed by atoms with van der Waals surface area (Å²) in [6.45, 7) is 6.54. The quantitative estimate of drug-likeness (QED) is 0.322. The molecule has 9 nitrogen and oxygen atoms in total. The van der Waals surface area contributed by atoms with Gasteiger partial charge in [-0.2, -0.15) is 10.1 Å². The van der Waals surface area contributed by atoms with Crippen LogP contribution in [0.5, 0.6) is 0 Å². The maximum absolute atomic E-state index is 14.7. The molecule has 2 atom stereocenters. The van der Waals surface area contributed by atoms with Crippen LogP contribution >= 0.6 is 15.9 Å². The van der Waals surface area contributed by atoms with E-state index < -0.39 is 34.7 Å². The number of methoxy groups -OCH3 is 1. The van der Waals surface area contributed by atoms with Gasteiger partial charge in [0.05, 0.1) is 25.1 Å². The monoisotopic (exact) mass is 621 g/mol. The van der Waals surface area contributed by atoms with Crippen molar-refractivity contribution in [2.45, 2.75) is 51.0 Å². The second-order valence-electron chi connectivity index (χ2n) is 10.5. The minimum atomic E-state index is -2.23. The number of rotatable bonds is 8. The van der Waals surface area contributed by atoms with Crippen LogP contribution in [-0.4, -0.2) is 41.9 Å². The highest BCUT2D eigenvalue weighted by atomic mass is 79.9. The average molecular weight is 623 g/mol. The molecule has 0 aliphatic carbocycles. The second-order valence-corrected chi connectivity index (χ2v) is 11.4. The summed E-state index contributed by atoms with van der Waals surface area (Å²) in [7, 11) is 1.20. The number of anilines is 1. The first-order valence-corrected chi connectivity index (χ1v) is 13.7. The first-order chi connectivity index (χ1) is 19.4. The first-order valence-electron chi connectivity index (χ1n) is 12.9. The molecule has 0 saturated carbocycles. The van der Waals surface area contributed by atoms with Crippen molar-refractivity contribution in [3.05, 3.63) is 101 Å². The highest BCUT2D eigenvalue weighted by Crippen LogP contribution is 2.45. The van der Waals surface area contributed by atoms with E-state index in [1.165, 1.54) is 7.11 Å². The van der Waals surface area contributed by atoms with Crippen LogP contribution in [0, 0.1) is 0 Å². The number of halogens is 1. The topological polar surface area (TPSA) is 107 Å². The fraction of sp³-hybridized carbons (Fsp3) is 0.290. The largest absolute Gasteiger partial charge is 0.467 e. The molecule has 0 spiro atoms. The van der Waals surface area contributed by atoms with Crippen LogP contribution in [-0.2, 0) is 36.0 Å². The Bertz CT molecular complexity index is 1440. The van der Waals surface area contributed by atoms with Crippen molar-refractivity contribution >= 4 is 45.3 Å². The number of carbonyl (C=O) groups is 3. The van der Waals surface area contributed by atoms with Gasteiger partial charge in [-0.1, -0.05) is 76.6 Å². The Balaban J connectivity index is 2.01. The van der Waals surface area contributed by atoms with E-state index in [-0.39, 0.29) is 17.9 Å². The molecule has 1 aliphatic rings. The number of ether oxygens (including phenoxy) is 3. The lowest BCUT2D eigenvalue weighted by Gasteiger charge is -2.45. The predicted molar refractivity (Wildman–Crippen MR) is 158 cm³/mol. The van der Waals surface area contributed by atoms with E-state index in [4.69, 9.17) is 14.2 Å². The SMILES string of the molecule is COC(=O)[C@](OCc1ccccc1)(c1ccc(Br)cc1)[C@@]1(NC(=O)OC(C)(C)C)C(=O)N(c2ccccc2)N=C1C. The van der Waals surface area contributed by atoms with Crippen molar-refractivity contribution in [3.63, 3.8) is 0 Å². The molecule has 3 aromatic rings. The van der Waals surface area contributed by atoms with Crippen molar-refractivity contribution in [1.82, 2.24) is 5.32 Å². The lowest BCUT2D eigenvalue weighted by Crippen LogP contribution is -2.74. The smallest absolute Gasteiger partial charge is 0.408 e. The zero-order valence-corrected chi connectivity index (χ0v) is 25.1. The van der Waals surface area contributed by atoms with Gasteiger partial charge in [0, 0.05) is 4.47 Å². The van der Waals surface area contributed by atoms with Gasteiger partial charge in [0.25, 0.3) is 5.91 Å². The van der Waals surface area contributed by atoms with Gasteiger partial charge in [0.1, 0.15) is 5.60 Å². The first kappa shape index (κ1) is 30.0. The van der Waals surface area contributed by atoms with E-state index in [9.17, 15) is 14.4 Å². The number of amides is 2. The van der Waals surface area contributed by atoms with Crippen molar-refractivity contribution in [2.24, 2.45) is 5.10 Å². The number of nitrogens with zero attached hydrogens (tertiary/aromatic N) is 2. The fourth-order valence-corrected chi connectivity index (χ4v) is 5.02. The third kappa shape index (κ3) is 5.75. The van der Waals surface area contributed by atoms with Crippen molar-refractivity contribution < 1.29 is 28.6 Å². The lowest BCUT2D eigenvalue weighted by atomic mass is 9.71. The molecule has 0 aromatic heterocycles. The predicted octanol–water partition coefficient (Wildman–Crippen LogP) is 5.72. The van der Waals surface area contributed by atoms with Gasteiger partial charge in [-0.25, -0.2) is 9.59 Å². The van der Waals surface area contributed by atoms with Gasteiger partial charge < -0.3 is 14.2 Å². The zero-order chi connectivity index (χ0) is 29.8. The summed E-state index contributed by atoms with van der Waals surface area (Å²) < 4.78 is 18.2. The number of esters is 1. The Morgan fingerprint density at radius 3 is 2.10 bits per heavy atom. The molecule has 1 N–H and O–H groups in total. The Kier molecular flexibility index (Phi) is 8.65. The van der Waals surface area contributed by atoms with E-state index in [2.05, 4.69) is 26.3 Å². The number of nitrogens with one attached hydrogen (secondary N) is 1. The van der Waals surface area contributed by atoms with Crippen LogP contribution in [0.2, 0.25) is 0 Å². The second kappa shape index (κ2) is 11.8. The number of carbonyl (C=O) groups excluding carboxylic acids is 3. The van der Waals surface area contributed by atoms with E-state index in [1.807, 2.05) is 30.3 Å². The fourth-order valence-electron chi connectivity index (χ4n) is 4.75. The molecule has 3 aromatic carbocycles. The van der Waals surface area contributed by atoms with Crippen LogP contribution in [0.25, 0.3) is 0 Å². The third-order valence-corrected chi connectivity index (χ3v) is 7.07. The van der Waals surface area contributed by atoms with E-state index in [0.29, 0.717) is 5.69 Å². The number of hydrogen-bond donors (Lipinski definition) is 1. The highest BCUT2D eigenvalue weighted by molar-refractivity contribution is 9.10. The summed E-state index contributed by atoms with van der Waals surface area (Å²) >= 11 is 3.43.